The van der Waals surface area contributed by atoms with Crippen LogP contribution in [0.15, 0.2) is 24.3 Å². The molecule has 0 unspecified atom stereocenters. The number of ether oxygens (including phenoxy) is 1. The smallest absolute Gasteiger partial charge is 0.225 e. The monoisotopic (exact) mass is 290 g/mol. The number of benzene rings is 1. The molecule has 1 aliphatic carbocycles. The Bertz CT molecular complexity index is 478. The summed E-state index contributed by atoms with van der Waals surface area (Å²) in [7, 11) is 1.72. The van der Waals surface area contributed by atoms with Crippen LogP contribution in [0.25, 0.3) is 0 Å². The van der Waals surface area contributed by atoms with Gasteiger partial charge in [-0.2, -0.15) is 0 Å². The van der Waals surface area contributed by atoms with E-state index in [1.165, 1.54) is 0 Å². The van der Waals surface area contributed by atoms with Crippen molar-refractivity contribution in [3.63, 3.8) is 0 Å². The maximum absolute atomic E-state index is 12.6. The second-order valence-electron chi connectivity index (χ2n) is 5.98. The molecular weight excluding hydrogens is 264 g/mol. The van der Waals surface area contributed by atoms with Gasteiger partial charge in [-0.15, -0.1) is 0 Å². The first-order chi connectivity index (χ1) is 10.1. The lowest BCUT2D eigenvalue weighted by Gasteiger charge is -2.41. The van der Waals surface area contributed by atoms with E-state index >= 15 is 0 Å². The van der Waals surface area contributed by atoms with Crippen LogP contribution in [-0.2, 0) is 16.1 Å². The summed E-state index contributed by atoms with van der Waals surface area (Å²) in [6.07, 6.45) is 4.59. The van der Waals surface area contributed by atoms with E-state index in [0.29, 0.717) is 13.0 Å². The van der Waals surface area contributed by atoms with E-state index in [-0.39, 0.29) is 11.5 Å². The molecule has 1 saturated carbocycles. The largest absolute Gasteiger partial charge is 0.399 e. The van der Waals surface area contributed by atoms with Gasteiger partial charge in [-0.3, -0.25) is 4.79 Å². The van der Waals surface area contributed by atoms with Crippen molar-refractivity contribution in [1.82, 2.24) is 4.90 Å². The Kier molecular flexibility index (Phi) is 5.23. The van der Waals surface area contributed by atoms with Gasteiger partial charge in [0.2, 0.25) is 5.91 Å². The van der Waals surface area contributed by atoms with Gasteiger partial charge >= 0.3 is 0 Å². The van der Waals surface area contributed by atoms with Crippen LogP contribution in [0, 0.1) is 0 Å². The lowest BCUT2D eigenvalue weighted by Crippen LogP contribution is -2.45. The van der Waals surface area contributed by atoms with E-state index in [1.54, 1.807) is 7.11 Å². The van der Waals surface area contributed by atoms with Crippen LogP contribution in [0.4, 0.5) is 5.69 Å². The van der Waals surface area contributed by atoms with Crippen molar-refractivity contribution < 1.29 is 9.53 Å². The van der Waals surface area contributed by atoms with Crippen LogP contribution in [0.1, 0.15) is 44.6 Å². The summed E-state index contributed by atoms with van der Waals surface area (Å²) in [5, 5.41) is 0. The first kappa shape index (κ1) is 15.8. The Balaban J connectivity index is 2.02. The van der Waals surface area contributed by atoms with Crippen molar-refractivity contribution in [2.45, 2.75) is 51.2 Å². The highest BCUT2D eigenvalue weighted by Crippen LogP contribution is 2.38. The molecule has 0 heterocycles. The molecule has 1 aromatic carbocycles. The quantitative estimate of drug-likeness (QED) is 0.785. The zero-order valence-electron chi connectivity index (χ0n) is 13.1. The van der Waals surface area contributed by atoms with Crippen molar-refractivity contribution in [2.75, 3.05) is 19.4 Å². The number of methoxy groups -OCH3 is 1. The second-order valence-corrected chi connectivity index (χ2v) is 5.98. The predicted octanol–water partition coefficient (Wildman–Crippen LogP) is 2.97. The Morgan fingerprint density at radius 1 is 1.43 bits per heavy atom. The Morgan fingerprint density at radius 2 is 2.19 bits per heavy atom. The maximum Gasteiger partial charge on any atom is 0.225 e. The minimum atomic E-state index is -0.210. The lowest BCUT2D eigenvalue weighted by atomic mass is 9.77. The van der Waals surface area contributed by atoms with Crippen molar-refractivity contribution in [1.29, 1.82) is 0 Å². The molecule has 4 heteroatoms. The fourth-order valence-corrected chi connectivity index (χ4v) is 2.89. The van der Waals surface area contributed by atoms with Crippen LogP contribution in [0.5, 0.6) is 0 Å². The van der Waals surface area contributed by atoms with Crippen LogP contribution >= 0.6 is 0 Å². The van der Waals surface area contributed by atoms with E-state index in [2.05, 4.69) is 6.92 Å². The summed E-state index contributed by atoms with van der Waals surface area (Å²) in [5.74, 6) is 0.181. The van der Waals surface area contributed by atoms with Gasteiger partial charge in [-0.25, -0.2) is 0 Å². The van der Waals surface area contributed by atoms with E-state index in [9.17, 15) is 4.79 Å². The Labute approximate surface area is 127 Å². The van der Waals surface area contributed by atoms with Gasteiger partial charge in [0, 0.05) is 25.9 Å². The standard InChI is InChI=1S/C17H26N2O2/c1-3-10-19(13-14-6-4-7-15(18)11-14)16(20)12-17(21-2)8-5-9-17/h4,6-7,11H,3,5,8-10,12-13,18H2,1-2H3. The minimum Gasteiger partial charge on any atom is -0.399 e. The minimum absolute atomic E-state index is 0.181. The van der Waals surface area contributed by atoms with Gasteiger partial charge < -0.3 is 15.4 Å². The molecule has 4 nitrogen and oxygen atoms in total. The van der Waals surface area contributed by atoms with Crippen LogP contribution < -0.4 is 5.73 Å². The number of anilines is 1. The highest BCUT2D eigenvalue weighted by Gasteiger charge is 2.39. The molecule has 0 radical (unpaired) electrons. The molecule has 1 aromatic rings. The first-order valence-electron chi connectivity index (χ1n) is 7.76. The summed E-state index contributed by atoms with van der Waals surface area (Å²) < 4.78 is 5.57. The van der Waals surface area contributed by atoms with E-state index in [1.807, 2.05) is 29.2 Å². The molecule has 0 spiro atoms. The zero-order chi connectivity index (χ0) is 15.3. The van der Waals surface area contributed by atoms with Gasteiger partial charge in [0.05, 0.1) is 12.0 Å². The predicted molar refractivity (Wildman–Crippen MR) is 84.8 cm³/mol. The van der Waals surface area contributed by atoms with Gasteiger partial charge in [0.1, 0.15) is 0 Å². The molecule has 0 atom stereocenters. The summed E-state index contributed by atoms with van der Waals surface area (Å²) in [6, 6.07) is 7.75. The van der Waals surface area contributed by atoms with Crippen LogP contribution in [0.3, 0.4) is 0 Å². The second kappa shape index (κ2) is 6.94. The van der Waals surface area contributed by atoms with Crippen molar-refractivity contribution in [2.24, 2.45) is 0 Å². The SMILES string of the molecule is CCCN(Cc1cccc(N)c1)C(=O)CC1(OC)CCC1. The fraction of sp³-hybridized carbons (Fsp3) is 0.588. The van der Waals surface area contributed by atoms with E-state index in [4.69, 9.17) is 10.5 Å². The summed E-state index contributed by atoms with van der Waals surface area (Å²) in [5.41, 5.74) is 7.43. The van der Waals surface area contributed by atoms with Gasteiger partial charge in [0.15, 0.2) is 0 Å². The number of amides is 1. The summed E-state index contributed by atoms with van der Waals surface area (Å²) in [4.78, 5) is 14.5. The van der Waals surface area contributed by atoms with Gasteiger partial charge in [0.25, 0.3) is 0 Å². The number of nitrogen functional groups attached to an aromatic ring is 1. The average molecular weight is 290 g/mol. The van der Waals surface area contributed by atoms with E-state index < -0.39 is 0 Å². The third kappa shape index (κ3) is 3.97. The molecule has 1 fully saturated rings. The number of hydrogen-bond donors (Lipinski definition) is 1. The topological polar surface area (TPSA) is 55.6 Å². The Hall–Kier alpha value is -1.55. The summed E-state index contributed by atoms with van der Waals surface area (Å²) >= 11 is 0. The van der Waals surface area contributed by atoms with E-state index in [0.717, 1.165) is 43.5 Å². The molecule has 0 saturated heterocycles. The van der Waals surface area contributed by atoms with Crippen LogP contribution in [-0.4, -0.2) is 30.1 Å². The van der Waals surface area contributed by atoms with Crippen molar-refractivity contribution >= 4 is 11.6 Å². The molecule has 0 aromatic heterocycles. The average Bonchev–Trinajstić information content (AvgIpc) is 2.42. The molecule has 2 rings (SSSR count). The van der Waals surface area contributed by atoms with Crippen LogP contribution in [0.2, 0.25) is 0 Å². The molecule has 0 aliphatic heterocycles. The van der Waals surface area contributed by atoms with Gasteiger partial charge in [-0.05, 0) is 43.4 Å². The molecule has 0 bridgehead atoms. The zero-order valence-corrected chi connectivity index (χ0v) is 13.1. The molecule has 21 heavy (non-hydrogen) atoms. The number of rotatable bonds is 7. The molecule has 1 aliphatic rings. The normalized spacial score (nSPS) is 16.3. The molecule has 2 N–H and O–H groups in total. The van der Waals surface area contributed by atoms with Gasteiger partial charge in [-0.1, -0.05) is 19.1 Å². The fourth-order valence-electron chi connectivity index (χ4n) is 2.89. The Morgan fingerprint density at radius 3 is 2.71 bits per heavy atom. The number of nitrogens with two attached hydrogens (primary N) is 1. The third-order valence-electron chi connectivity index (χ3n) is 4.34. The number of hydrogen-bond acceptors (Lipinski definition) is 3. The van der Waals surface area contributed by atoms with Crippen molar-refractivity contribution in [3.05, 3.63) is 29.8 Å². The number of carbonyl (C=O) groups excluding carboxylic acids is 1. The molecule has 116 valence electrons. The number of carbonyl (C=O) groups is 1. The molecule has 1 amide bonds. The number of nitrogens with zero attached hydrogens (tertiary/aromatic N) is 1. The maximum atomic E-state index is 12.6. The van der Waals surface area contributed by atoms with Crippen molar-refractivity contribution in [3.8, 4) is 0 Å². The highest BCUT2D eigenvalue weighted by molar-refractivity contribution is 5.77. The molecular formula is C17H26N2O2. The third-order valence-corrected chi connectivity index (χ3v) is 4.34. The lowest BCUT2D eigenvalue weighted by molar-refractivity contribution is -0.144. The first-order valence-corrected chi connectivity index (χ1v) is 7.76. The summed E-state index contributed by atoms with van der Waals surface area (Å²) in [6.45, 7) is 3.49. The highest BCUT2D eigenvalue weighted by atomic mass is 16.5.